The highest BCUT2D eigenvalue weighted by Crippen LogP contribution is 2.24. The van der Waals surface area contributed by atoms with Crippen LogP contribution in [0.4, 0.5) is 0 Å². The molecule has 1 aliphatic heterocycles. The van der Waals surface area contributed by atoms with E-state index in [4.69, 9.17) is 5.73 Å². The zero-order chi connectivity index (χ0) is 10.8. The predicted molar refractivity (Wildman–Crippen MR) is 63.7 cm³/mol. The maximum atomic E-state index is 9.40. The van der Waals surface area contributed by atoms with E-state index in [-0.39, 0.29) is 0 Å². The summed E-state index contributed by atoms with van der Waals surface area (Å²) in [5.74, 6) is 0.316. The van der Waals surface area contributed by atoms with Crippen LogP contribution in [0.15, 0.2) is 22.7 Å². The molecule has 1 aliphatic rings. The summed E-state index contributed by atoms with van der Waals surface area (Å²) >= 11 is 3.48. The van der Waals surface area contributed by atoms with Crippen molar-refractivity contribution in [1.82, 2.24) is 4.90 Å². The fraction of sp³-hybridized carbons (Fsp3) is 0.455. The van der Waals surface area contributed by atoms with Crippen LogP contribution in [-0.2, 0) is 6.54 Å². The van der Waals surface area contributed by atoms with Crippen LogP contribution in [-0.4, -0.2) is 29.1 Å². The van der Waals surface area contributed by atoms with E-state index in [1.54, 1.807) is 12.1 Å². The molecule has 0 radical (unpaired) electrons. The third-order valence-electron chi connectivity index (χ3n) is 2.73. The average Bonchev–Trinajstić information content (AvgIpc) is 2.58. The van der Waals surface area contributed by atoms with Crippen LogP contribution in [0.5, 0.6) is 5.75 Å². The second-order valence-corrected chi connectivity index (χ2v) is 4.91. The molecule has 0 amide bonds. The first kappa shape index (κ1) is 10.9. The van der Waals surface area contributed by atoms with Crippen molar-refractivity contribution in [3.63, 3.8) is 0 Å². The number of aromatic hydroxyl groups is 1. The standard InChI is InChI=1S/C11H15BrN2O/c12-11-2-1-10(15)5-8(11)6-14-4-3-9(13)7-14/h1-2,5,9,15H,3-4,6-7,13H2. The molecule has 2 rings (SSSR count). The molecule has 3 nitrogen and oxygen atoms in total. The smallest absolute Gasteiger partial charge is 0.115 e. The monoisotopic (exact) mass is 270 g/mol. The van der Waals surface area contributed by atoms with Crippen molar-refractivity contribution >= 4 is 15.9 Å². The van der Waals surface area contributed by atoms with Gasteiger partial charge >= 0.3 is 0 Å². The Balaban J connectivity index is 2.07. The van der Waals surface area contributed by atoms with E-state index in [9.17, 15) is 5.11 Å². The fourth-order valence-electron chi connectivity index (χ4n) is 1.93. The molecule has 82 valence electrons. The van der Waals surface area contributed by atoms with Crippen LogP contribution >= 0.6 is 15.9 Å². The molecular formula is C11H15BrN2O. The molecule has 1 fully saturated rings. The number of phenolic OH excluding ortho intramolecular Hbond substituents is 1. The Morgan fingerprint density at radius 1 is 1.53 bits per heavy atom. The van der Waals surface area contributed by atoms with Crippen LogP contribution in [0, 0.1) is 0 Å². The van der Waals surface area contributed by atoms with Gasteiger partial charge < -0.3 is 10.8 Å². The van der Waals surface area contributed by atoms with Crippen molar-refractivity contribution in [3.8, 4) is 5.75 Å². The van der Waals surface area contributed by atoms with E-state index in [0.29, 0.717) is 11.8 Å². The third-order valence-corrected chi connectivity index (χ3v) is 3.51. The Morgan fingerprint density at radius 3 is 3.00 bits per heavy atom. The zero-order valence-electron chi connectivity index (χ0n) is 8.49. The number of nitrogens with two attached hydrogens (primary N) is 1. The van der Waals surface area contributed by atoms with Crippen molar-refractivity contribution in [1.29, 1.82) is 0 Å². The summed E-state index contributed by atoms with van der Waals surface area (Å²) in [5, 5.41) is 9.40. The van der Waals surface area contributed by atoms with Crippen LogP contribution in [0.1, 0.15) is 12.0 Å². The number of phenols is 1. The summed E-state index contributed by atoms with van der Waals surface area (Å²) in [7, 11) is 0. The maximum Gasteiger partial charge on any atom is 0.115 e. The van der Waals surface area contributed by atoms with Crippen LogP contribution in [0.2, 0.25) is 0 Å². The summed E-state index contributed by atoms with van der Waals surface area (Å²) < 4.78 is 1.04. The van der Waals surface area contributed by atoms with Gasteiger partial charge in [-0.05, 0) is 30.2 Å². The topological polar surface area (TPSA) is 49.5 Å². The summed E-state index contributed by atoms with van der Waals surface area (Å²) in [6, 6.07) is 5.67. The quantitative estimate of drug-likeness (QED) is 0.860. The highest BCUT2D eigenvalue weighted by Gasteiger charge is 2.19. The van der Waals surface area contributed by atoms with Gasteiger partial charge in [0.25, 0.3) is 0 Å². The lowest BCUT2D eigenvalue weighted by atomic mass is 10.2. The molecule has 4 heteroatoms. The summed E-state index contributed by atoms with van der Waals surface area (Å²) in [5.41, 5.74) is 6.96. The van der Waals surface area contributed by atoms with E-state index in [0.717, 1.165) is 36.1 Å². The second kappa shape index (κ2) is 4.51. The minimum Gasteiger partial charge on any atom is -0.508 e. The number of nitrogens with zero attached hydrogens (tertiary/aromatic N) is 1. The van der Waals surface area contributed by atoms with Gasteiger partial charge in [0, 0.05) is 30.1 Å². The minimum atomic E-state index is 0.307. The first-order chi connectivity index (χ1) is 7.15. The number of hydrogen-bond donors (Lipinski definition) is 2. The van der Waals surface area contributed by atoms with Crippen LogP contribution in [0.3, 0.4) is 0 Å². The number of halogens is 1. The van der Waals surface area contributed by atoms with Gasteiger partial charge in [0.1, 0.15) is 5.75 Å². The minimum absolute atomic E-state index is 0.307. The molecule has 1 heterocycles. The molecule has 1 aromatic carbocycles. The van der Waals surface area contributed by atoms with Gasteiger partial charge in [-0.15, -0.1) is 0 Å². The first-order valence-corrected chi connectivity index (χ1v) is 5.90. The molecule has 1 saturated heterocycles. The van der Waals surface area contributed by atoms with Gasteiger partial charge in [0.05, 0.1) is 0 Å². The molecular weight excluding hydrogens is 256 g/mol. The van der Waals surface area contributed by atoms with Crippen molar-refractivity contribution in [2.45, 2.75) is 19.0 Å². The van der Waals surface area contributed by atoms with Gasteiger partial charge in [-0.2, -0.15) is 0 Å². The summed E-state index contributed by atoms with van der Waals surface area (Å²) in [6.45, 7) is 2.84. The van der Waals surface area contributed by atoms with Crippen LogP contribution in [0.25, 0.3) is 0 Å². The Kier molecular flexibility index (Phi) is 3.29. The number of rotatable bonds is 2. The van der Waals surface area contributed by atoms with Crippen molar-refractivity contribution < 1.29 is 5.11 Å². The number of likely N-dealkylation sites (tertiary alicyclic amines) is 1. The third kappa shape index (κ3) is 2.71. The average molecular weight is 271 g/mol. The first-order valence-electron chi connectivity index (χ1n) is 5.10. The van der Waals surface area contributed by atoms with E-state index in [2.05, 4.69) is 20.8 Å². The number of benzene rings is 1. The van der Waals surface area contributed by atoms with Gasteiger partial charge in [0.2, 0.25) is 0 Å². The van der Waals surface area contributed by atoms with Gasteiger partial charge in [0.15, 0.2) is 0 Å². The molecule has 0 aromatic heterocycles. The molecule has 1 aromatic rings. The fourth-order valence-corrected chi connectivity index (χ4v) is 2.30. The Hall–Kier alpha value is -0.580. The largest absolute Gasteiger partial charge is 0.508 e. The molecule has 0 aliphatic carbocycles. The van der Waals surface area contributed by atoms with E-state index in [1.807, 2.05) is 6.07 Å². The maximum absolute atomic E-state index is 9.40. The highest BCUT2D eigenvalue weighted by molar-refractivity contribution is 9.10. The zero-order valence-corrected chi connectivity index (χ0v) is 10.1. The Morgan fingerprint density at radius 2 is 2.33 bits per heavy atom. The molecule has 0 spiro atoms. The molecule has 0 saturated carbocycles. The molecule has 15 heavy (non-hydrogen) atoms. The normalized spacial score (nSPS) is 22.1. The highest BCUT2D eigenvalue weighted by atomic mass is 79.9. The van der Waals surface area contributed by atoms with Gasteiger partial charge in [-0.1, -0.05) is 15.9 Å². The summed E-state index contributed by atoms with van der Waals surface area (Å²) in [4.78, 5) is 2.31. The van der Waals surface area contributed by atoms with Crippen molar-refractivity contribution in [3.05, 3.63) is 28.2 Å². The Bertz CT molecular complexity index is 356. The summed E-state index contributed by atoms with van der Waals surface area (Å²) in [6.07, 6.45) is 1.07. The lowest BCUT2D eigenvalue weighted by Gasteiger charge is -2.16. The van der Waals surface area contributed by atoms with Crippen molar-refractivity contribution in [2.24, 2.45) is 5.73 Å². The van der Waals surface area contributed by atoms with Gasteiger partial charge in [-0.25, -0.2) is 0 Å². The van der Waals surface area contributed by atoms with Crippen molar-refractivity contribution in [2.75, 3.05) is 13.1 Å². The van der Waals surface area contributed by atoms with E-state index >= 15 is 0 Å². The molecule has 1 atom stereocenters. The molecule has 3 N–H and O–H groups in total. The van der Waals surface area contributed by atoms with Crippen LogP contribution < -0.4 is 5.73 Å². The lowest BCUT2D eigenvalue weighted by Crippen LogP contribution is -2.26. The lowest BCUT2D eigenvalue weighted by molar-refractivity contribution is 0.325. The molecule has 1 unspecified atom stereocenters. The SMILES string of the molecule is NC1CCN(Cc2cc(O)ccc2Br)C1. The number of hydrogen-bond acceptors (Lipinski definition) is 3. The second-order valence-electron chi connectivity index (χ2n) is 4.06. The van der Waals surface area contributed by atoms with E-state index in [1.165, 1.54) is 0 Å². The van der Waals surface area contributed by atoms with E-state index < -0.39 is 0 Å². The predicted octanol–water partition coefficient (Wildman–Crippen LogP) is 1.69. The van der Waals surface area contributed by atoms with Gasteiger partial charge in [-0.3, -0.25) is 4.90 Å². The Labute approximate surface area is 98.0 Å². The molecule has 0 bridgehead atoms.